The van der Waals surface area contributed by atoms with Crippen molar-refractivity contribution in [2.24, 2.45) is 5.73 Å². The van der Waals surface area contributed by atoms with E-state index in [0.29, 0.717) is 6.04 Å². The van der Waals surface area contributed by atoms with Gasteiger partial charge < -0.3 is 10.6 Å². The van der Waals surface area contributed by atoms with Crippen LogP contribution in [0.2, 0.25) is 0 Å². The summed E-state index contributed by atoms with van der Waals surface area (Å²) in [6.45, 7) is 2.04. The Labute approximate surface area is 122 Å². The second-order valence-corrected chi connectivity index (χ2v) is 5.98. The van der Waals surface area contributed by atoms with Gasteiger partial charge in [-0.15, -0.1) is 0 Å². The van der Waals surface area contributed by atoms with Crippen LogP contribution in [0.1, 0.15) is 55.7 Å². The minimum Gasteiger partial charge on any atom is -0.341 e. The van der Waals surface area contributed by atoms with Gasteiger partial charge in [-0.2, -0.15) is 0 Å². The van der Waals surface area contributed by atoms with Crippen LogP contribution in [0.4, 0.5) is 0 Å². The smallest absolute Gasteiger partial charge is 0.244 e. The summed E-state index contributed by atoms with van der Waals surface area (Å²) < 4.78 is 0. The van der Waals surface area contributed by atoms with E-state index in [1.165, 1.54) is 31.2 Å². The molecule has 0 radical (unpaired) electrons. The summed E-state index contributed by atoms with van der Waals surface area (Å²) in [6.07, 6.45) is 7.26. The summed E-state index contributed by atoms with van der Waals surface area (Å²) in [6, 6.07) is 7.75. The number of nitrogens with zero attached hydrogens (tertiary/aromatic N) is 1. The number of rotatable bonds is 3. The van der Waals surface area contributed by atoms with Crippen LogP contribution in [0.25, 0.3) is 0 Å². The largest absolute Gasteiger partial charge is 0.341 e. The minimum atomic E-state index is -0.538. The predicted molar refractivity (Wildman–Crippen MR) is 82.4 cm³/mol. The topological polar surface area (TPSA) is 46.3 Å². The predicted octanol–water partition coefficient (Wildman–Crippen LogP) is 3.18. The van der Waals surface area contributed by atoms with Gasteiger partial charge in [0.1, 0.15) is 6.04 Å². The summed E-state index contributed by atoms with van der Waals surface area (Å²) in [5.74, 6) is 0.0424. The first kappa shape index (κ1) is 15.0. The highest BCUT2D eigenvalue weighted by atomic mass is 16.2. The van der Waals surface area contributed by atoms with Crippen molar-refractivity contribution in [3.63, 3.8) is 0 Å². The van der Waals surface area contributed by atoms with E-state index in [2.05, 4.69) is 0 Å². The maximum absolute atomic E-state index is 12.5. The highest BCUT2D eigenvalue weighted by molar-refractivity contribution is 5.83. The highest BCUT2D eigenvalue weighted by Gasteiger charge is 2.26. The van der Waals surface area contributed by atoms with Gasteiger partial charge in [0, 0.05) is 13.1 Å². The Morgan fingerprint density at radius 2 is 1.70 bits per heavy atom. The molecular formula is C17H26N2O. The molecule has 0 heterocycles. The van der Waals surface area contributed by atoms with Gasteiger partial charge >= 0.3 is 0 Å². The molecule has 1 amide bonds. The van der Waals surface area contributed by atoms with Gasteiger partial charge in [0.05, 0.1) is 0 Å². The quantitative estimate of drug-likeness (QED) is 0.861. The van der Waals surface area contributed by atoms with Gasteiger partial charge in [-0.25, -0.2) is 0 Å². The molecule has 3 nitrogen and oxygen atoms in total. The van der Waals surface area contributed by atoms with E-state index in [9.17, 15) is 4.79 Å². The van der Waals surface area contributed by atoms with Gasteiger partial charge in [0.2, 0.25) is 5.91 Å². The number of aryl methyl sites for hydroxylation is 1. The van der Waals surface area contributed by atoms with E-state index in [0.717, 1.165) is 18.4 Å². The number of carbonyl (C=O) groups is 1. The van der Waals surface area contributed by atoms with Crippen LogP contribution in [0, 0.1) is 6.92 Å². The second kappa shape index (κ2) is 6.89. The Hall–Kier alpha value is -1.35. The van der Waals surface area contributed by atoms with Crippen molar-refractivity contribution in [1.82, 2.24) is 4.90 Å². The summed E-state index contributed by atoms with van der Waals surface area (Å²) in [7, 11) is 1.91. The SMILES string of the molecule is Cc1ccc(C(N)C(=O)N(C)C2CCCCCC2)cc1. The van der Waals surface area contributed by atoms with Crippen LogP contribution in [-0.2, 0) is 4.79 Å². The third kappa shape index (κ3) is 3.60. The van der Waals surface area contributed by atoms with Crippen molar-refractivity contribution in [3.05, 3.63) is 35.4 Å². The van der Waals surface area contributed by atoms with Crippen molar-refractivity contribution in [3.8, 4) is 0 Å². The number of hydrogen-bond donors (Lipinski definition) is 1. The van der Waals surface area contributed by atoms with Crippen LogP contribution < -0.4 is 5.73 Å². The molecule has 110 valence electrons. The standard InChI is InChI=1S/C17H26N2O/c1-13-9-11-14(12-10-13)16(18)17(20)19(2)15-7-5-3-4-6-8-15/h9-12,15-16H,3-8,18H2,1-2H3. The lowest BCUT2D eigenvalue weighted by molar-refractivity contribution is -0.133. The van der Waals surface area contributed by atoms with E-state index in [-0.39, 0.29) is 5.91 Å². The molecule has 2 N–H and O–H groups in total. The monoisotopic (exact) mass is 274 g/mol. The molecule has 3 heteroatoms. The first-order valence-corrected chi connectivity index (χ1v) is 7.68. The fourth-order valence-corrected chi connectivity index (χ4v) is 2.96. The molecule has 1 aliphatic carbocycles. The van der Waals surface area contributed by atoms with E-state index in [4.69, 9.17) is 5.73 Å². The van der Waals surface area contributed by atoms with E-state index < -0.39 is 6.04 Å². The van der Waals surface area contributed by atoms with E-state index >= 15 is 0 Å². The molecule has 1 aromatic rings. The molecule has 0 aromatic heterocycles. The highest BCUT2D eigenvalue weighted by Crippen LogP contribution is 2.23. The molecule has 0 saturated heterocycles. The molecule has 2 rings (SSSR count). The molecule has 20 heavy (non-hydrogen) atoms. The molecular weight excluding hydrogens is 248 g/mol. The second-order valence-electron chi connectivity index (χ2n) is 5.98. The molecule has 1 saturated carbocycles. The number of nitrogens with two attached hydrogens (primary N) is 1. The van der Waals surface area contributed by atoms with E-state index in [1.807, 2.05) is 43.1 Å². The Bertz CT molecular complexity index is 433. The summed E-state index contributed by atoms with van der Waals surface area (Å²) in [4.78, 5) is 14.4. The molecule has 1 atom stereocenters. The van der Waals surface area contributed by atoms with Gasteiger partial charge in [-0.05, 0) is 25.3 Å². The van der Waals surface area contributed by atoms with Crippen molar-refractivity contribution in [2.45, 2.75) is 57.5 Å². The van der Waals surface area contributed by atoms with Crippen LogP contribution in [0.15, 0.2) is 24.3 Å². The summed E-state index contributed by atoms with van der Waals surface area (Å²) in [5, 5.41) is 0. The van der Waals surface area contributed by atoms with E-state index in [1.54, 1.807) is 0 Å². The Kier molecular flexibility index (Phi) is 5.18. The number of hydrogen-bond acceptors (Lipinski definition) is 2. The fraction of sp³-hybridized carbons (Fsp3) is 0.588. The Morgan fingerprint density at radius 1 is 1.15 bits per heavy atom. The number of carbonyl (C=O) groups excluding carboxylic acids is 1. The molecule has 1 fully saturated rings. The number of likely N-dealkylation sites (N-methyl/N-ethyl adjacent to an activating group) is 1. The van der Waals surface area contributed by atoms with Gasteiger partial charge in [-0.1, -0.05) is 55.5 Å². The maximum atomic E-state index is 12.5. The summed E-state index contributed by atoms with van der Waals surface area (Å²) >= 11 is 0. The van der Waals surface area contributed by atoms with Crippen LogP contribution in [0.5, 0.6) is 0 Å². The van der Waals surface area contributed by atoms with Gasteiger partial charge in [-0.3, -0.25) is 4.79 Å². The lowest BCUT2D eigenvalue weighted by Crippen LogP contribution is -2.42. The summed E-state index contributed by atoms with van der Waals surface area (Å²) in [5.41, 5.74) is 8.23. The number of amides is 1. The van der Waals surface area contributed by atoms with Crippen LogP contribution in [0.3, 0.4) is 0 Å². The first-order valence-electron chi connectivity index (χ1n) is 7.68. The lowest BCUT2D eigenvalue weighted by atomic mass is 10.0. The maximum Gasteiger partial charge on any atom is 0.244 e. The van der Waals surface area contributed by atoms with Crippen molar-refractivity contribution < 1.29 is 4.79 Å². The Balaban J connectivity index is 2.03. The number of benzene rings is 1. The molecule has 1 aliphatic rings. The molecule has 1 aromatic carbocycles. The average Bonchev–Trinajstić information content (AvgIpc) is 2.75. The van der Waals surface area contributed by atoms with Crippen LogP contribution in [-0.4, -0.2) is 23.9 Å². The minimum absolute atomic E-state index is 0.0424. The van der Waals surface area contributed by atoms with Crippen LogP contribution >= 0.6 is 0 Å². The van der Waals surface area contributed by atoms with Crippen molar-refractivity contribution >= 4 is 5.91 Å². The molecule has 0 spiro atoms. The Morgan fingerprint density at radius 3 is 2.25 bits per heavy atom. The zero-order valence-electron chi connectivity index (χ0n) is 12.6. The zero-order valence-corrected chi connectivity index (χ0v) is 12.6. The third-order valence-corrected chi connectivity index (χ3v) is 4.42. The lowest BCUT2D eigenvalue weighted by Gasteiger charge is -2.29. The van der Waals surface area contributed by atoms with Crippen molar-refractivity contribution in [1.29, 1.82) is 0 Å². The molecule has 0 aliphatic heterocycles. The zero-order chi connectivity index (χ0) is 14.5. The molecule has 0 bridgehead atoms. The first-order chi connectivity index (χ1) is 9.59. The molecule has 1 unspecified atom stereocenters. The third-order valence-electron chi connectivity index (χ3n) is 4.42. The van der Waals surface area contributed by atoms with Crippen molar-refractivity contribution in [2.75, 3.05) is 7.05 Å². The fourth-order valence-electron chi connectivity index (χ4n) is 2.96. The van der Waals surface area contributed by atoms with Gasteiger partial charge in [0.15, 0.2) is 0 Å². The van der Waals surface area contributed by atoms with Gasteiger partial charge in [0.25, 0.3) is 0 Å². The average molecular weight is 274 g/mol. The normalized spacial score (nSPS) is 18.4.